The highest BCUT2D eigenvalue weighted by atomic mass is 16.6. The molecule has 0 spiro atoms. The molecule has 1 saturated heterocycles. The van der Waals surface area contributed by atoms with Gasteiger partial charge in [-0.3, -0.25) is 0 Å². The first kappa shape index (κ1) is 18.1. The summed E-state index contributed by atoms with van der Waals surface area (Å²) in [4.78, 5) is 14.8. The van der Waals surface area contributed by atoms with Crippen molar-refractivity contribution in [3.8, 4) is 5.75 Å². The molecular formula is C20H30N2O3. The first-order chi connectivity index (χ1) is 11.9. The Morgan fingerprint density at radius 2 is 1.84 bits per heavy atom. The highest BCUT2D eigenvalue weighted by Gasteiger charge is 2.41. The Hall–Kier alpha value is -1.75. The molecule has 1 aromatic carbocycles. The van der Waals surface area contributed by atoms with Gasteiger partial charge in [-0.05, 0) is 51.3 Å². The zero-order valence-corrected chi connectivity index (χ0v) is 15.7. The predicted octanol–water partition coefficient (Wildman–Crippen LogP) is 3.89. The molecule has 2 fully saturated rings. The molecule has 1 amide bonds. The van der Waals surface area contributed by atoms with Crippen LogP contribution in [0, 0.1) is 0 Å². The molecule has 1 aliphatic carbocycles. The monoisotopic (exact) mass is 346 g/mol. The van der Waals surface area contributed by atoms with Crippen LogP contribution in [-0.4, -0.2) is 42.3 Å². The average molecular weight is 346 g/mol. The Morgan fingerprint density at radius 1 is 1.16 bits per heavy atom. The fraction of sp³-hybridized carbons (Fsp3) is 0.650. The van der Waals surface area contributed by atoms with E-state index in [1.165, 1.54) is 18.4 Å². The van der Waals surface area contributed by atoms with E-state index in [2.05, 4.69) is 17.4 Å². The van der Waals surface area contributed by atoms with Crippen LogP contribution >= 0.6 is 0 Å². The number of fused-ring (bicyclic) bond motifs is 1. The Labute approximate surface area is 150 Å². The number of ether oxygens (including phenoxy) is 2. The Balaban J connectivity index is 1.80. The highest BCUT2D eigenvalue weighted by molar-refractivity contribution is 5.69. The molecule has 0 radical (unpaired) electrons. The van der Waals surface area contributed by atoms with Crippen LogP contribution in [0.2, 0.25) is 0 Å². The summed E-state index contributed by atoms with van der Waals surface area (Å²) in [7, 11) is 1.67. The van der Waals surface area contributed by atoms with E-state index in [-0.39, 0.29) is 18.2 Å². The van der Waals surface area contributed by atoms with Gasteiger partial charge in [-0.2, -0.15) is 0 Å². The lowest BCUT2D eigenvalue weighted by atomic mass is 9.85. The first-order valence-corrected chi connectivity index (χ1v) is 9.27. The van der Waals surface area contributed by atoms with Gasteiger partial charge in [-0.1, -0.05) is 25.0 Å². The van der Waals surface area contributed by atoms with Crippen LogP contribution in [0.15, 0.2) is 24.3 Å². The number of rotatable bonds is 2. The molecule has 1 aromatic rings. The number of methoxy groups -OCH3 is 1. The van der Waals surface area contributed by atoms with E-state index in [1.807, 2.05) is 37.8 Å². The normalized spacial score (nSPS) is 26.7. The van der Waals surface area contributed by atoms with Crippen molar-refractivity contribution in [2.45, 2.75) is 70.2 Å². The summed E-state index contributed by atoms with van der Waals surface area (Å²) in [5.41, 5.74) is 0.709. The van der Waals surface area contributed by atoms with Crippen molar-refractivity contribution in [3.63, 3.8) is 0 Å². The van der Waals surface area contributed by atoms with Crippen molar-refractivity contribution < 1.29 is 14.3 Å². The number of carbonyl (C=O) groups is 1. The molecule has 1 N–H and O–H groups in total. The Kier molecular flexibility index (Phi) is 5.23. The number of carbonyl (C=O) groups excluding carboxylic acids is 1. The van der Waals surface area contributed by atoms with Crippen molar-refractivity contribution in [1.82, 2.24) is 10.2 Å². The molecule has 0 bridgehead atoms. The van der Waals surface area contributed by atoms with E-state index in [4.69, 9.17) is 9.47 Å². The van der Waals surface area contributed by atoms with Gasteiger partial charge in [0.25, 0.3) is 0 Å². The second-order valence-electron chi connectivity index (χ2n) is 8.08. The molecule has 0 aromatic heterocycles. The summed E-state index contributed by atoms with van der Waals surface area (Å²) in [5, 5.41) is 3.77. The second kappa shape index (κ2) is 7.24. The average Bonchev–Trinajstić information content (AvgIpc) is 2.59. The van der Waals surface area contributed by atoms with Gasteiger partial charge in [0.1, 0.15) is 11.4 Å². The lowest BCUT2D eigenvalue weighted by molar-refractivity contribution is -0.00711. The standard InChI is InChI=1S/C20H30N2O3/c1-20(2,3)25-19(23)22-13-17(14-9-11-15(24-4)12-10-14)21-16-7-5-6-8-18(16)22/h9-12,16-18,21H,5-8,13H2,1-4H3/t16-,17-,18+/m1/s1. The molecule has 25 heavy (non-hydrogen) atoms. The number of nitrogens with zero attached hydrogens (tertiary/aromatic N) is 1. The summed E-state index contributed by atoms with van der Waals surface area (Å²) in [6.45, 7) is 6.41. The predicted molar refractivity (Wildman–Crippen MR) is 97.9 cm³/mol. The van der Waals surface area contributed by atoms with E-state index in [9.17, 15) is 4.79 Å². The van der Waals surface area contributed by atoms with Crippen LogP contribution in [0.5, 0.6) is 5.75 Å². The molecule has 0 unspecified atom stereocenters. The number of nitrogens with one attached hydrogen (secondary N) is 1. The van der Waals surface area contributed by atoms with Crippen LogP contribution in [0.4, 0.5) is 4.79 Å². The molecule has 3 atom stereocenters. The topological polar surface area (TPSA) is 50.8 Å². The summed E-state index contributed by atoms with van der Waals surface area (Å²) in [6.07, 6.45) is 4.36. The third-order valence-electron chi connectivity index (χ3n) is 5.07. The number of hydrogen-bond acceptors (Lipinski definition) is 4. The minimum atomic E-state index is -0.471. The summed E-state index contributed by atoms with van der Waals surface area (Å²) in [6, 6.07) is 8.79. The minimum Gasteiger partial charge on any atom is -0.497 e. The SMILES string of the molecule is COc1ccc([C@H]2CN(C(=O)OC(C)(C)C)[C@H]3CCCC[C@H]3N2)cc1. The maximum atomic E-state index is 12.8. The van der Waals surface area contributed by atoms with Crippen molar-refractivity contribution in [2.24, 2.45) is 0 Å². The Morgan fingerprint density at radius 3 is 2.48 bits per heavy atom. The summed E-state index contributed by atoms with van der Waals surface area (Å²) in [5.74, 6) is 0.846. The molecule has 3 rings (SSSR count). The fourth-order valence-electron chi connectivity index (χ4n) is 3.89. The number of hydrogen-bond donors (Lipinski definition) is 1. The smallest absolute Gasteiger partial charge is 0.410 e. The number of piperazine rings is 1. The van der Waals surface area contributed by atoms with E-state index in [1.54, 1.807) is 7.11 Å². The van der Waals surface area contributed by atoms with Crippen molar-refractivity contribution >= 4 is 6.09 Å². The van der Waals surface area contributed by atoms with E-state index in [0.29, 0.717) is 12.6 Å². The van der Waals surface area contributed by atoms with E-state index < -0.39 is 5.60 Å². The van der Waals surface area contributed by atoms with Gasteiger partial charge in [0.05, 0.1) is 19.2 Å². The molecule has 5 nitrogen and oxygen atoms in total. The number of amides is 1. The third-order valence-corrected chi connectivity index (χ3v) is 5.07. The highest BCUT2D eigenvalue weighted by Crippen LogP contribution is 2.33. The zero-order chi connectivity index (χ0) is 18.0. The molecule has 5 heteroatoms. The second-order valence-corrected chi connectivity index (χ2v) is 8.08. The molecular weight excluding hydrogens is 316 g/mol. The van der Waals surface area contributed by atoms with E-state index in [0.717, 1.165) is 18.6 Å². The van der Waals surface area contributed by atoms with Gasteiger partial charge in [0.15, 0.2) is 0 Å². The minimum absolute atomic E-state index is 0.123. The van der Waals surface area contributed by atoms with Gasteiger partial charge < -0.3 is 19.7 Å². The number of benzene rings is 1. The quantitative estimate of drug-likeness (QED) is 0.883. The lowest BCUT2D eigenvalue weighted by Gasteiger charge is -2.47. The van der Waals surface area contributed by atoms with E-state index >= 15 is 0 Å². The lowest BCUT2D eigenvalue weighted by Crippen LogP contribution is -2.62. The van der Waals surface area contributed by atoms with Crippen molar-refractivity contribution in [1.29, 1.82) is 0 Å². The van der Waals surface area contributed by atoms with Gasteiger partial charge in [0, 0.05) is 12.6 Å². The largest absolute Gasteiger partial charge is 0.497 e. The maximum absolute atomic E-state index is 12.8. The zero-order valence-electron chi connectivity index (χ0n) is 15.7. The van der Waals surface area contributed by atoms with Gasteiger partial charge in [-0.15, -0.1) is 0 Å². The fourth-order valence-corrected chi connectivity index (χ4v) is 3.89. The van der Waals surface area contributed by atoms with Gasteiger partial charge >= 0.3 is 6.09 Å². The molecule has 2 aliphatic rings. The third kappa shape index (κ3) is 4.27. The molecule has 1 aliphatic heterocycles. The van der Waals surface area contributed by atoms with Crippen LogP contribution in [-0.2, 0) is 4.74 Å². The molecule has 1 heterocycles. The Bertz CT molecular complexity index is 594. The van der Waals surface area contributed by atoms with Crippen molar-refractivity contribution in [3.05, 3.63) is 29.8 Å². The molecule has 1 saturated carbocycles. The first-order valence-electron chi connectivity index (χ1n) is 9.27. The van der Waals surface area contributed by atoms with Crippen LogP contribution in [0.3, 0.4) is 0 Å². The maximum Gasteiger partial charge on any atom is 0.410 e. The summed E-state index contributed by atoms with van der Waals surface area (Å²) >= 11 is 0. The van der Waals surface area contributed by atoms with Gasteiger partial charge in [-0.25, -0.2) is 4.79 Å². The van der Waals surface area contributed by atoms with Crippen molar-refractivity contribution in [2.75, 3.05) is 13.7 Å². The van der Waals surface area contributed by atoms with Crippen LogP contribution in [0.25, 0.3) is 0 Å². The molecule has 138 valence electrons. The summed E-state index contributed by atoms with van der Waals surface area (Å²) < 4.78 is 10.9. The van der Waals surface area contributed by atoms with Gasteiger partial charge in [0.2, 0.25) is 0 Å². The van der Waals surface area contributed by atoms with Crippen LogP contribution in [0.1, 0.15) is 58.1 Å². The van der Waals surface area contributed by atoms with Crippen LogP contribution < -0.4 is 10.1 Å².